The summed E-state index contributed by atoms with van der Waals surface area (Å²) in [5.74, 6) is 0.564. The van der Waals surface area contributed by atoms with Gasteiger partial charge in [0.2, 0.25) is 0 Å². The smallest absolute Gasteiger partial charge is 0.144 e. The van der Waals surface area contributed by atoms with Gasteiger partial charge < -0.3 is 21.0 Å². The zero-order valence-corrected chi connectivity index (χ0v) is 23.0. The SMILES string of the molecule is CCC(CCCN(CC)CC1N=C(c2ccc(N)c(C(=N)C3=C/C=C(/F)CC/C=C\3)c2)NN1)N1CCCC1. The van der Waals surface area contributed by atoms with E-state index in [2.05, 4.69) is 34.5 Å². The molecule has 0 radical (unpaired) electrons. The summed E-state index contributed by atoms with van der Waals surface area (Å²) in [6, 6.07) is 6.34. The second kappa shape index (κ2) is 13.8. The van der Waals surface area contributed by atoms with Crippen molar-refractivity contribution >= 4 is 17.2 Å². The molecule has 2 unspecified atom stereocenters. The topological polar surface area (TPSA) is 92.8 Å². The van der Waals surface area contributed by atoms with Crippen molar-refractivity contribution in [2.75, 3.05) is 38.5 Å². The monoisotopic (exact) mass is 521 g/mol. The molecule has 1 aromatic carbocycles. The van der Waals surface area contributed by atoms with Crippen LogP contribution < -0.4 is 16.6 Å². The first-order valence-electron chi connectivity index (χ1n) is 14.3. The van der Waals surface area contributed by atoms with Gasteiger partial charge in [0.25, 0.3) is 0 Å². The number of hydrogen-bond donors (Lipinski definition) is 4. The van der Waals surface area contributed by atoms with Gasteiger partial charge in [-0.3, -0.25) is 5.41 Å². The van der Waals surface area contributed by atoms with Crippen molar-refractivity contribution in [2.24, 2.45) is 4.99 Å². The highest BCUT2D eigenvalue weighted by molar-refractivity contribution is 6.16. The number of hydrogen-bond acceptors (Lipinski definition) is 7. The number of nitrogen functional groups attached to an aromatic ring is 1. The molecule has 0 amide bonds. The van der Waals surface area contributed by atoms with Crippen molar-refractivity contribution in [2.45, 2.75) is 71.0 Å². The maximum absolute atomic E-state index is 13.8. The molecule has 4 rings (SSSR count). The third-order valence-electron chi connectivity index (χ3n) is 7.84. The quantitative estimate of drug-likeness (QED) is 0.231. The number of nitrogens with two attached hydrogens (primary N) is 1. The molecule has 2 aliphatic heterocycles. The van der Waals surface area contributed by atoms with Crippen LogP contribution in [-0.4, -0.2) is 66.3 Å². The van der Waals surface area contributed by atoms with Crippen molar-refractivity contribution in [1.82, 2.24) is 20.7 Å². The zero-order chi connectivity index (χ0) is 26.9. The van der Waals surface area contributed by atoms with Gasteiger partial charge in [-0.15, -0.1) is 0 Å². The van der Waals surface area contributed by atoms with Crippen molar-refractivity contribution in [3.63, 3.8) is 0 Å². The Morgan fingerprint density at radius 1 is 1.26 bits per heavy atom. The van der Waals surface area contributed by atoms with Crippen LogP contribution >= 0.6 is 0 Å². The molecular formula is C30H44FN7. The van der Waals surface area contributed by atoms with Crippen LogP contribution in [0.3, 0.4) is 0 Å². The molecule has 0 aromatic heterocycles. The molecule has 0 saturated carbocycles. The van der Waals surface area contributed by atoms with E-state index in [4.69, 9.17) is 16.1 Å². The van der Waals surface area contributed by atoms with E-state index in [0.717, 1.165) is 31.0 Å². The summed E-state index contributed by atoms with van der Waals surface area (Å²) in [7, 11) is 0. The number of anilines is 1. The Kier molecular flexibility index (Phi) is 10.3. The Morgan fingerprint density at radius 3 is 2.84 bits per heavy atom. The summed E-state index contributed by atoms with van der Waals surface area (Å²) in [4.78, 5) is 10.0. The van der Waals surface area contributed by atoms with Gasteiger partial charge in [0.05, 0.1) is 5.71 Å². The molecular weight excluding hydrogens is 477 g/mol. The summed E-state index contributed by atoms with van der Waals surface area (Å²) >= 11 is 0. The fourth-order valence-electron chi connectivity index (χ4n) is 5.52. The van der Waals surface area contributed by atoms with Gasteiger partial charge in [0.15, 0.2) is 0 Å². The predicted molar refractivity (Wildman–Crippen MR) is 156 cm³/mol. The van der Waals surface area contributed by atoms with Gasteiger partial charge in [0, 0.05) is 35.8 Å². The van der Waals surface area contributed by atoms with Crippen LogP contribution in [-0.2, 0) is 0 Å². The normalized spacial score (nSPS) is 24.5. The van der Waals surface area contributed by atoms with E-state index < -0.39 is 0 Å². The molecule has 8 heteroatoms. The van der Waals surface area contributed by atoms with Gasteiger partial charge in [-0.2, -0.15) is 0 Å². The lowest BCUT2D eigenvalue weighted by Gasteiger charge is -2.28. The number of likely N-dealkylation sites (N-methyl/N-ethyl adjacent to an activating group) is 1. The second-order valence-electron chi connectivity index (χ2n) is 10.5. The molecule has 206 valence electrons. The maximum atomic E-state index is 13.8. The van der Waals surface area contributed by atoms with E-state index in [1.807, 2.05) is 30.4 Å². The standard InChI is InChI=1S/C30H44FN7/c1-3-25(38-18-7-8-19-38)12-9-17-37(4-2)21-28-34-30(36-35-28)23-14-16-27(32)26(20-23)29(33)22-10-5-6-11-24(31)15-13-22/h5,10,13-16,20,25,28,33,35H,3-4,6-9,11-12,17-19,21,32H2,1-2H3,(H,34,36)/b10-5-,22-13+,24-15+,33-29?. The van der Waals surface area contributed by atoms with E-state index in [-0.39, 0.29) is 17.7 Å². The summed E-state index contributed by atoms with van der Waals surface area (Å²) in [5, 5.41) is 8.75. The average molecular weight is 522 g/mol. The number of allylic oxidation sites excluding steroid dienone is 6. The zero-order valence-electron chi connectivity index (χ0n) is 23.0. The molecule has 5 N–H and O–H groups in total. The molecule has 1 fully saturated rings. The lowest BCUT2D eigenvalue weighted by molar-refractivity contribution is 0.201. The minimum Gasteiger partial charge on any atom is -0.398 e. The Bertz CT molecular complexity index is 1080. The number of nitrogens with zero attached hydrogens (tertiary/aromatic N) is 3. The third-order valence-corrected chi connectivity index (χ3v) is 7.84. The molecule has 1 aromatic rings. The first kappa shape index (κ1) is 28.2. The van der Waals surface area contributed by atoms with Gasteiger partial charge in [0.1, 0.15) is 17.8 Å². The van der Waals surface area contributed by atoms with Crippen LogP contribution in [0.1, 0.15) is 69.9 Å². The number of likely N-dealkylation sites (tertiary alicyclic amines) is 1. The predicted octanol–water partition coefficient (Wildman–Crippen LogP) is 4.92. The Balaban J connectivity index is 1.37. The number of rotatable bonds is 12. The Hall–Kier alpha value is -2.81. The van der Waals surface area contributed by atoms with E-state index in [9.17, 15) is 4.39 Å². The highest BCUT2D eigenvalue weighted by atomic mass is 19.1. The third kappa shape index (κ3) is 7.40. The lowest BCUT2D eigenvalue weighted by atomic mass is 9.96. The van der Waals surface area contributed by atoms with E-state index >= 15 is 0 Å². The molecule has 3 aliphatic rings. The van der Waals surface area contributed by atoms with Crippen molar-refractivity contribution < 1.29 is 4.39 Å². The van der Waals surface area contributed by atoms with Gasteiger partial charge in [-0.05, 0) is 94.6 Å². The number of aliphatic imine (C=N–C) groups is 1. The van der Waals surface area contributed by atoms with E-state index in [1.165, 1.54) is 51.3 Å². The van der Waals surface area contributed by atoms with Crippen LogP contribution in [0.4, 0.5) is 10.1 Å². The highest BCUT2D eigenvalue weighted by Gasteiger charge is 2.23. The molecule has 0 bridgehead atoms. The number of nitrogens with one attached hydrogen (secondary N) is 3. The lowest BCUT2D eigenvalue weighted by Crippen LogP contribution is -2.42. The summed E-state index contributed by atoms with van der Waals surface area (Å²) < 4.78 is 13.8. The Labute approximate surface area is 227 Å². The minimum absolute atomic E-state index is 0.0460. The molecule has 2 atom stereocenters. The van der Waals surface area contributed by atoms with Gasteiger partial charge in [-0.1, -0.05) is 32.1 Å². The number of amidine groups is 1. The Morgan fingerprint density at radius 2 is 2.08 bits per heavy atom. The molecule has 2 heterocycles. The molecule has 1 saturated heterocycles. The fourth-order valence-corrected chi connectivity index (χ4v) is 5.52. The first-order valence-corrected chi connectivity index (χ1v) is 14.3. The van der Waals surface area contributed by atoms with Gasteiger partial charge >= 0.3 is 0 Å². The first-order chi connectivity index (χ1) is 18.5. The summed E-state index contributed by atoms with van der Waals surface area (Å²) in [6.45, 7) is 9.96. The van der Waals surface area contributed by atoms with E-state index in [0.29, 0.717) is 35.7 Å². The number of benzene rings is 1. The van der Waals surface area contributed by atoms with Crippen LogP contribution in [0.25, 0.3) is 0 Å². The van der Waals surface area contributed by atoms with E-state index in [1.54, 1.807) is 6.08 Å². The average Bonchev–Trinajstić information content (AvgIpc) is 3.61. The summed E-state index contributed by atoms with van der Waals surface area (Å²) in [6.07, 6.45) is 14.2. The maximum Gasteiger partial charge on any atom is 0.144 e. The highest BCUT2D eigenvalue weighted by Crippen LogP contribution is 2.22. The van der Waals surface area contributed by atoms with Crippen molar-refractivity contribution in [3.8, 4) is 0 Å². The largest absolute Gasteiger partial charge is 0.398 e. The minimum atomic E-state index is -0.180. The molecule has 1 aliphatic carbocycles. The van der Waals surface area contributed by atoms with Crippen LogP contribution in [0.15, 0.2) is 58.9 Å². The molecule has 7 nitrogen and oxygen atoms in total. The van der Waals surface area contributed by atoms with Crippen molar-refractivity contribution in [3.05, 3.63) is 65.0 Å². The molecule has 38 heavy (non-hydrogen) atoms. The number of halogens is 1. The second-order valence-corrected chi connectivity index (χ2v) is 10.5. The van der Waals surface area contributed by atoms with Crippen LogP contribution in [0.2, 0.25) is 0 Å². The molecule has 0 spiro atoms. The van der Waals surface area contributed by atoms with Crippen LogP contribution in [0.5, 0.6) is 0 Å². The van der Waals surface area contributed by atoms with Gasteiger partial charge in [-0.25, -0.2) is 14.8 Å². The van der Waals surface area contributed by atoms with Crippen LogP contribution in [0, 0.1) is 5.41 Å². The fraction of sp³-hybridized carbons (Fsp3) is 0.533. The summed E-state index contributed by atoms with van der Waals surface area (Å²) in [5.41, 5.74) is 15.7. The number of hydrazine groups is 1. The van der Waals surface area contributed by atoms with Crippen molar-refractivity contribution in [1.29, 1.82) is 5.41 Å².